The van der Waals surface area contributed by atoms with Crippen LogP contribution in [0.5, 0.6) is 0 Å². The van der Waals surface area contributed by atoms with Crippen molar-refractivity contribution in [2.45, 2.75) is 6.92 Å². The van der Waals surface area contributed by atoms with E-state index in [4.69, 9.17) is 0 Å². The number of aliphatic imine (C=N–C) groups is 1. The lowest BCUT2D eigenvalue weighted by Gasteiger charge is -1.99. The van der Waals surface area contributed by atoms with Crippen LogP contribution < -0.4 is 0 Å². The molecule has 12 heavy (non-hydrogen) atoms. The monoisotopic (exact) mass is 157 g/mol. The van der Waals surface area contributed by atoms with Gasteiger partial charge in [0.2, 0.25) is 0 Å². The summed E-state index contributed by atoms with van der Waals surface area (Å²) in [6.07, 6.45) is 14.6. The summed E-state index contributed by atoms with van der Waals surface area (Å²) < 4.78 is 0. The quantitative estimate of drug-likeness (QED) is 0.512. The van der Waals surface area contributed by atoms with E-state index in [1.807, 2.05) is 13.1 Å². The van der Waals surface area contributed by atoms with Crippen LogP contribution in [-0.4, -0.2) is 5.71 Å². The van der Waals surface area contributed by atoms with Crippen molar-refractivity contribution in [1.82, 2.24) is 0 Å². The Morgan fingerprint density at radius 3 is 3.08 bits per heavy atom. The maximum atomic E-state index is 4.29. The molecule has 1 nitrogen and oxygen atoms in total. The molecule has 60 valence electrons. The van der Waals surface area contributed by atoms with Gasteiger partial charge in [-0.05, 0) is 12.5 Å². The molecule has 0 amide bonds. The highest BCUT2D eigenvalue weighted by Crippen LogP contribution is 2.16. The highest BCUT2D eigenvalue weighted by Gasteiger charge is 2.05. The molecule has 0 fully saturated rings. The zero-order chi connectivity index (χ0) is 8.39. The molecule has 1 aliphatic heterocycles. The first-order chi connectivity index (χ1) is 5.86. The van der Waals surface area contributed by atoms with Gasteiger partial charge in [0, 0.05) is 17.8 Å². The normalized spacial score (nSPS) is 25.9. The van der Waals surface area contributed by atoms with E-state index in [1.54, 1.807) is 0 Å². The molecule has 0 N–H and O–H groups in total. The van der Waals surface area contributed by atoms with Crippen LogP contribution in [0.1, 0.15) is 6.92 Å². The molecule has 0 aromatic carbocycles. The molecule has 0 saturated heterocycles. The number of hydrogen-bond donors (Lipinski definition) is 0. The molecule has 2 bridgehead atoms. The number of rotatable bonds is 0. The summed E-state index contributed by atoms with van der Waals surface area (Å²) in [5.74, 6) is 0.413. The minimum atomic E-state index is 0.413. The summed E-state index contributed by atoms with van der Waals surface area (Å²) >= 11 is 0. The number of allylic oxidation sites excluding steroid dienone is 7. The Bertz CT molecular complexity index is 327. The molecule has 0 radical (unpaired) electrons. The lowest BCUT2D eigenvalue weighted by molar-refractivity contribution is 1.07. The minimum absolute atomic E-state index is 0.413. The van der Waals surface area contributed by atoms with Crippen molar-refractivity contribution in [2.24, 2.45) is 10.9 Å². The molecular weight excluding hydrogens is 146 g/mol. The highest BCUT2D eigenvalue weighted by atomic mass is 14.7. The van der Waals surface area contributed by atoms with E-state index >= 15 is 0 Å². The predicted octanol–water partition coefficient (Wildman–Crippen LogP) is 2.64. The Balaban J connectivity index is 2.46. The van der Waals surface area contributed by atoms with Gasteiger partial charge < -0.3 is 0 Å². The van der Waals surface area contributed by atoms with Crippen molar-refractivity contribution < 1.29 is 0 Å². The molecule has 1 atom stereocenters. The minimum Gasteiger partial charge on any atom is -0.261 e. The summed E-state index contributed by atoms with van der Waals surface area (Å²) in [6.45, 7) is 2.04. The third kappa shape index (κ3) is 1.30. The molecule has 2 aliphatic rings. The smallest absolute Gasteiger partial charge is 0.0441 e. The fourth-order valence-electron chi connectivity index (χ4n) is 1.36. The zero-order valence-electron chi connectivity index (χ0n) is 7.07. The maximum absolute atomic E-state index is 4.29. The Morgan fingerprint density at radius 2 is 2.17 bits per heavy atom. The van der Waals surface area contributed by atoms with E-state index in [1.165, 1.54) is 5.57 Å². The standard InChI is InChI=1S/C11H11N/c1-9-11-5-3-2-4-10(8-11)6-7-12-9/h2-8,10H,1H3. The van der Waals surface area contributed by atoms with E-state index < -0.39 is 0 Å². The first-order valence-electron chi connectivity index (χ1n) is 4.14. The van der Waals surface area contributed by atoms with Gasteiger partial charge in [0.15, 0.2) is 0 Å². The molecule has 0 aromatic heterocycles. The van der Waals surface area contributed by atoms with Gasteiger partial charge in [-0.15, -0.1) is 0 Å². The summed E-state index contributed by atoms with van der Waals surface area (Å²) in [4.78, 5) is 4.29. The Labute approximate surface area is 72.5 Å². The van der Waals surface area contributed by atoms with Crippen LogP contribution >= 0.6 is 0 Å². The number of hydrogen-bond acceptors (Lipinski definition) is 1. The van der Waals surface area contributed by atoms with Gasteiger partial charge in [0.05, 0.1) is 0 Å². The van der Waals surface area contributed by atoms with E-state index in [9.17, 15) is 0 Å². The molecule has 1 unspecified atom stereocenters. The fourth-order valence-corrected chi connectivity index (χ4v) is 1.36. The molecule has 1 heteroatoms. The Kier molecular flexibility index (Phi) is 1.78. The first-order valence-corrected chi connectivity index (χ1v) is 4.14. The van der Waals surface area contributed by atoms with Crippen LogP contribution in [0.4, 0.5) is 0 Å². The van der Waals surface area contributed by atoms with Crippen LogP contribution in [0.15, 0.2) is 53.2 Å². The third-order valence-electron chi connectivity index (χ3n) is 2.09. The van der Waals surface area contributed by atoms with E-state index in [0.717, 1.165) is 5.71 Å². The lowest BCUT2D eigenvalue weighted by atomic mass is 10.1. The van der Waals surface area contributed by atoms with Gasteiger partial charge >= 0.3 is 0 Å². The van der Waals surface area contributed by atoms with Gasteiger partial charge in [0.25, 0.3) is 0 Å². The Morgan fingerprint density at radius 1 is 1.25 bits per heavy atom. The van der Waals surface area contributed by atoms with E-state index in [-0.39, 0.29) is 0 Å². The van der Waals surface area contributed by atoms with Crippen molar-refractivity contribution in [2.75, 3.05) is 0 Å². The van der Waals surface area contributed by atoms with Crippen molar-refractivity contribution in [1.29, 1.82) is 0 Å². The second-order valence-electron chi connectivity index (χ2n) is 3.00. The summed E-state index contributed by atoms with van der Waals surface area (Å²) in [6, 6.07) is 0. The third-order valence-corrected chi connectivity index (χ3v) is 2.09. The van der Waals surface area contributed by atoms with Crippen molar-refractivity contribution in [3.8, 4) is 0 Å². The van der Waals surface area contributed by atoms with Crippen molar-refractivity contribution in [3.05, 3.63) is 48.2 Å². The van der Waals surface area contributed by atoms with Crippen LogP contribution in [0.2, 0.25) is 0 Å². The molecular formula is C11H11N. The summed E-state index contributed by atoms with van der Waals surface area (Å²) in [5.41, 5.74) is 2.32. The Hall–Kier alpha value is -1.37. The summed E-state index contributed by atoms with van der Waals surface area (Å²) in [7, 11) is 0. The van der Waals surface area contributed by atoms with Gasteiger partial charge in [0.1, 0.15) is 0 Å². The zero-order valence-corrected chi connectivity index (χ0v) is 7.07. The lowest BCUT2D eigenvalue weighted by Crippen LogP contribution is -1.93. The van der Waals surface area contributed by atoms with E-state index in [2.05, 4.69) is 41.4 Å². The van der Waals surface area contributed by atoms with Gasteiger partial charge in [-0.1, -0.05) is 36.5 Å². The average Bonchev–Trinajstić information content (AvgIpc) is 2.38. The molecule has 2 rings (SSSR count). The van der Waals surface area contributed by atoms with Crippen LogP contribution in [-0.2, 0) is 0 Å². The summed E-state index contributed by atoms with van der Waals surface area (Å²) in [5, 5.41) is 0. The highest BCUT2D eigenvalue weighted by molar-refractivity contribution is 6.01. The van der Waals surface area contributed by atoms with Gasteiger partial charge in [-0.3, -0.25) is 4.99 Å². The first kappa shape index (κ1) is 7.29. The molecule has 1 heterocycles. The molecule has 0 aromatic rings. The second-order valence-corrected chi connectivity index (χ2v) is 3.00. The SMILES string of the molecule is CC1=NC=CC2C=CC=CC1=C2. The second kappa shape index (κ2) is 2.94. The van der Waals surface area contributed by atoms with E-state index in [0.29, 0.717) is 5.92 Å². The fraction of sp³-hybridized carbons (Fsp3) is 0.182. The predicted molar refractivity (Wildman–Crippen MR) is 52.1 cm³/mol. The molecule has 1 aliphatic carbocycles. The van der Waals surface area contributed by atoms with Crippen LogP contribution in [0, 0.1) is 5.92 Å². The van der Waals surface area contributed by atoms with Gasteiger partial charge in [-0.25, -0.2) is 0 Å². The maximum Gasteiger partial charge on any atom is 0.0441 e. The molecule has 0 saturated carbocycles. The van der Waals surface area contributed by atoms with Crippen molar-refractivity contribution >= 4 is 5.71 Å². The van der Waals surface area contributed by atoms with Crippen molar-refractivity contribution in [3.63, 3.8) is 0 Å². The number of nitrogens with zero attached hydrogens (tertiary/aromatic N) is 1. The average molecular weight is 157 g/mol. The van der Waals surface area contributed by atoms with Crippen LogP contribution in [0.3, 0.4) is 0 Å². The van der Waals surface area contributed by atoms with Crippen LogP contribution in [0.25, 0.3) is 0 Å². The topological polar surface area (TPSA) is 12.4 Å². The molecule has 0 spiro atoms. The largest absolute Gasteiger partial charge is 0.261 e. The number of fused-ring (bicyclic) bond motifs is 1. The van der Waals surface area contributed by atoms with Gasteiger partial charge in [-0.2, -0.15) is 0 Å².